The summed E-state index contributed by atoms with van der Waals surface area (Å²) in [6.07, 6.45) is 2.20. The van der Waals surface area contributed by atoms with Gasteiger partial charge < -0.3 is 4.42 Å². The third kappa shape index (κ3) is 3.90. The van der Waals surface area contributed by atoms with Crippen molar-refractivity contribution in [1.82, 2.24) is 9.71 Å². The van der Waals surface area contributed by atoms with Crippen LogP contribution in [0.1, 0.15) is 11.5 Å². The molecule has 0 bridgehead atoms. The number of oxazole rings is 1. The van der Waals surface area contributed by atoms with E-state index in [1.165, 1.54) is 0 Å². The molecule has 3 aromatic rings. The zero-order valence-electron chi connectivity index (χ0n) is 13.3. The summed E-state index contributed by atoms with van der Waals surface area (Å²) < 4.78 is 32.5. The van der Waals surface area contributed by atoms with Crippen molar-refractivity contribution in [3.05, 3.63) is 72.3 Å². The summed E-state index contributed by atoms with van der Waals surface area (Å²) in [7, 11) is -3.52. The van der Waals surface area contributed by atoms with Crippen LogP contribution in [0.2, 0.25) is 0 Å². The molecule has 1 N–H and O–H groups in total. The second kappa shape index (κ2) is 6.98. The monoisotopic (exact) mass is 342 g/mol. The normalized spacial score (nSPS) is 11.5. The smallest absolute Gasteiger partial charge is 0.240 e. The van der Waals surface area contributed by atoms with Crippen molar-refractivity contribution in [2.24, 2.45) is 0 Å². The molecule has 3 rings (SSSR count). The van der Waals surface area contributed by atoms with Gasteiger partial charge in [0.2, 0.25) is 10.0 Å². The van der Waals surface area contributed by atoms with E-state index in [4.69, 9.17) is 4.42 Å². The van der Waals surface area contributed by atoms with E-state index in [0.717, 1.165) is 11.1 Å². The summed E-state index contributed by atoms with van der Waals surface area (Å²) in [5.41, 5.74) is 2.60. The fourth-order valence-electron chi connectivity index (χ4n) is 2.36. The van der Waals surface area contributed by atoms with Gasteiger partial charge in [-0.3, -0.25) is 0 Å². The van der Waals surface area contributed by atoms with Gasteiger partial charge in [0.25, 0.3) is 0 Å². The fourth-order valence-corrected chi connectivity index (χ4v) is 3.39. The highest BCUT2D eigenvalue weighted by Crippen LogP contribution is 2.20. The van der Waals surface area contributed by atoms with Gasteiger partial charge in [0.1, 0.15) is 12.0 Å². The minimum absolute atomic E-state index is 0.236. The Labute approximate surface area is 141 Å². The number of rotatable bonds is 6. The van der Waals surface area contributed by atoms with Crippen molar-refractivity contribution in [3.63, 3.8) is 0 Å². The van der Waals surface area contributed by atoms with E-state index in [0.29, 0.717) is 24.6 Å². The second-order valence-corrected chi connectivity index (χ2v) is 7.18. The van der Waals surface area contributed by atoms with E-state index < -0.39 is 10.0 Å². The highest BCUT2D eigenvalue weighted by molar-refractivity contribution is 7.89. The SMILES string of the molecule is Cc1nc(-c2ccc(S(=O)(=O)NCCc3ccccc3)cc2)co1. The number of nitrogens with zero attached hydrogens (tertiary/aromatic N) is 1. The third-order valence-electron chi connectivity index (χ3n) is 3.63. The van der Waals surface area contributed by atoms with Gasteiger partial charge in [-0.25, -0.2) is 18.1 Å². The van der Waals surface area contributed by atoms with Crippen LogP contribution in [0.25, 0.3) is 11.3 Å². The number of nitrogens with one attached hydrogen (secondary N) is 1. The summed E-state index contributed by atoms with van der Waals surface area (Å²) in [5, 5.41) is 0. The quantitative estimate of drug-likeness (QED) is 0.747. The molecule has 1 heterocycles. The van der Waals surface area contributed by atoms with Gasteiger partial charge in [-0.05, 0) is 24.1 Å². The number of aryl methyl sites for hydroxylation is 1. The number of benzene rings is 2. The lowest BCUT2D eigenvalue weighted by atomic mass is 10.2. The Kier molecular flexibility index (Phi) is 4.78. The van der Waals surface area contributed by atoms with E-state index in [1.807, 2.05) is 30.3 Å². The fraction of sp³-hybridized carbons (Fsp3) is 0.167. The van der Waals surface area contributed by atoms with Gasteiger partial charge >= 0.3 is 0 Å². The molecule has 0 aliphatic rings. The highest BCUT2D eigenvalue weighted by Gasteiger charge is 2.14. The molecule has 6 heteroatoms. The summed E-state index contributed by atoms with van der Waals surface area (Å²) in [4.78, 5) is 4.46. The minimum atomic E-state index is -3.52. The lowest BCUT2D eigenvalue weighted by Crippen LogP contribution is -2.25. The molecule has 124 valence electrons. The van der Waals surface area contributed by atoms with Crippen LogP contribution in [0.3, 0.4) is 0 Å². The van der Waals surface area contributed by atoms with Crippen LogP contribution in [-0.2, 0) is 16.4 Å². The lowest BCUT2D eigenvalue weighted by Gasteiger charge is -2.07. The molecular weight excluding hydrogens is 324 g/mol. The predicted octanol–water partition coefficient (Wildman–Crippen LogP) is 3.17. The molecule has 0 saturated heterocycles. The Hall–Kier alpha value is -2.44. The van der Waals surface area contributed by atoms with Gasteiger partial charge in [-0.2, -0.15) is 0 Å². The number of hydrogen-bond acceptors (Lipinski definition) is 4. The molecule has 2 aromatic carbocycles. The van der Waals surface area contributed by atoms with Gasteiger partial charge in [0, 0.05) is 19.0 Å². The Morgan fingerprint density at radius 2 is 1.75 bits per heavy atom. The Bertz CT molecular complexity index is 901. The van der Waals surface area contributed by atoms with Crippen LogP contribution in [0, 0.1) is 6.92 Å². The van der Waals surface area contributed by atoms with Crippen molar-refractivity contribution in [2.75, 3.05) is 6.54 Å². The molecule has 0 aliphatic heterocycles. The lowest BCUT2D eigenvalue weighted by molar-refractivity contribution is 0.521. The molecule has 0 atom stereocenters. The summed E-state index contributed by atoms with van der Waals surface area (Å²) >= 11 is 0. The molecule has 24 heavy (non-hydrogen) atoms. The maximum absolute atomic E-state index is 12.3. The van der Waals surface area contributed by atoms with Crippen molar-refractivity contribution in [3.8, 4) is 11.3 Å². The molecule has 0 amide bonds. The Balaban J connectivity index is 1.66. The van der Waals surface area contributed by atoms with Crippen LogP contribution in [-0.4, -0.2) is 19.9 Å². The maximum atomic E-state index is 12.3. The minimum Gasteiger partial charge on any atom is -0.449 e. The van der Waals surface area contributed by atoms with Gasteiger partial charge in [0.05, 0.1) is 4.90 Å². The second-order valence-electron chi connectivity index (χ2n) is 5.41. The zero-order chi connectivity index (χ0) is 17.0. The predicted molar refractivity (Wildman–Crippen MR) is 92.0 cm³/mol. The van der Waals surface area contributed by atoms with Crippen molar-refractivity contribution in [2.45, 2.75) is 18.2 Å². The van der Waals surface area contributed by atoms with Crippen molar-refractivity contribution in [1.29, 1.82) is 0 Å². The molecular formula is C18H18N2O3S. The van der Waals surface area contributed by atoms with E-state index in [2.05, 4.69) is 9.71 Å². The average molecular weight is 342 g/mol. The summed E-state index contributed by atoms with van der Waals surface area (Å²) in [6.45, 7) is 2.12. The zero-order valence-corrected chi connectivity index (χ0v) is 14.1. The van der Waals surface area contributed by atoms with Crippen molar-refractivity contribution < 1.29 is 12.8 Å². The van der Waals surface area contributed by atoms with Crippen molar-refractivity contribution >= 4 is 10.0 Å². The molecule has 0 fully saturated rings. The first-order valence-corrected chi connectivity index (χ1v) is 9.09. The van der Waals surface area contributed by atoms with E-state index in [9.17, 15) is 8.42 Å². The molecule has 0 aliphatic carbocycles. The maximum Gasteiger partial charge on any atom is 0.240 e. The van der Waals surface area contributed by atoms with Crippen LogP contribution >= 0.6 is 0 Å². The summed E-state index contributed by atoms with van der Waals surface area (Å²) in [5.74, 6) is 0.573. The largest absolute Gasteiger partial charge is 0.449 e. The molecule has 0 saturated carbocycles. The third-order valence-corrected chi connectivity index (χ3v) is 5.10. The van der Waals surface area contributed by atoms with E-state index in [-0.39, 0.29) is 4.90 Å². The number of hydrogen-bond donors (Lipinski definition) is 1. The van der Waals surface area contributed by atoms with Gasteiger partial charge in [-0.1, -0.05) is 42.5 Å². The standard InChI is InChI=1S/C18H18N2O3S/c1-14-20-18(13-23-14)16-7-9-17(10-8-16)24(21,22)19-12-11-15-5-3-2-4-6-15/h2-10,13,19H,11-12H2,1H3. The first-order valence-electron chi connectivity index (χ1n) is 7.61. The molecule has 5 nitrogen and oxygen atoms in total. The van der Waals surface area contributed by atoms with Gasteiger partial charge in [-0.15, -0.1) is 0 Å². The summed E-state index contributed by atoms with van der Waals surface area (Å²) in [6, 6.07) is 16.4. The molecule has 0 spiro atoms. The van der Waals surface area contributed by atoms with Crippen LogP contribution < -0.4 is 4.72 Å². The Morgan fingerprint density at radius 3 is 2.38 bits per heavy atom. The van der Waals surface area contributed by atoms with Crippen LogP contribution in [0.15, 0.2) is 70.2 Å². The number of aromatic nitrogens is 1. The highest BCUT2D eigenvalue weighted by atomic mass is 32.2. The van der Waals surface area contributed by atoms with E-state index >= 15 is 0 Å². The average Bonchev–Trinajstić information content (AvgIpc) is 3.02. The molecule has 1 aromatic heterocycles. The van der Waals surface area contributed by atoms with Gasteiger partial charge in [0.15, 0.2) is 5.89 Å². The Morgan fingerprint density at radius 1 is 1.04 bits per heavy atom. The molecule has 0 unspecified atom stereocenters. The first-order chi connectivity index (χ1) is 11.5. The van der Waals surface area contributed by atoms with E-state index in [1.54, 1.807) is 37.5 Å². The first kappa shape index (κ1) is 16.4. The molecule has 0 radical (unpaired) electrons. The number of sulfonamides is 1. The van der Waals surface area contributed by atoms with Crippen LogP contribution in [0.5, 0.6) is 0 Å². The topological polar surface area (TPSA) is 72.2 Å². The van der Waals surface area contributed by atoms with Crippen LogP contribution in [0.4, 0.5) is 0 Å².